The lowest BCUT2D eigenvalue weighted by atomic mass is 9.98. The van der Waals surface area contributed by atoms with Gasteiger partial charge < -0.3 is 10.1 Å². The van der Waals surface area contributed by atoms with Crippen LogP contribution in [0.25, 0.3) is 0 Å². The fourth-order valence-electron chi connectivity index (χ4n) is 4.24. The summed E-state index contributed by atoms with van der Waals surface area (Å²) in [5.41, 5.74) is 4.42. The van der Waals surface area contributed by atoms with E-state index in [0.717, 1.165) is 22.4 Å². The predicted octanol–water partition coefficient (Wildman–Crippen LogP) is 5.32. The number of aryl methyl sites for hydroxylation is 1. The third kappa shape index (κ3) is 5.56. The van der Waals surface area contributed by atoms with Crippen LogP contribution in [-0.4, -0.2) is 40.1 Å². The van der Waals surface area contributed by atoms with Gasteiger partial charge in [-0.1, -0.05) is 59.8 Å². The molecule has 37 heavy (non-hydrogen) atoms. The normalized spacial score (nSPS) is 19.0. The number of carbonyl (C=O) groups excluding carboxylic acids is 2. The number of hydrogen-bond acceptors (Lipinski definition) is 6. The maximum atomic E-state index is 13.6. The van der Waals surface area contributed by atoms with Gasteiger partial charge in [0, 0.05) is 24.6 Å². The summed E-state index contributed by atoms with van der Waals surface area (Å²) >= 11 is 1.22. The third-order valence-corrected chi connectivity index (χ3v) is 7.34. The van der Waals surface area contributed by atoms with E-state index in [2.05, 4.69) is 10.3 Å². The number of hydrazone groups is 1. The zero-order valence-corrected chi connectivity index (χ0v) is 21.2. The molecule has 188 valence electrons. The van der Waals surface area contributed by atoms with Crippen molar-refractivity contribution in [2.75, 3.05) is 12.4 Å². The molecular weight excluding hydrogens is 491 g/mol. The van der Waals surface area contributed by atoms with E-state index in [1.807, 2.05) is 31.2 Å². The average molecular weight is 517 g/mol. The number of nitrogens with one attached hydrogen (secondary N) is 1. The van der Waals surface area contributed by atoms with Crippen LogP contribution in [0, 0.1) is 12.7 Å². The van der Waals surface area contributed by atoms with Gasteiger partial charge in [0.05, 0.1) is 18.9 Å². The highest BCUT2D eigenvalue weighted by molar-refractivity contribution is 8.15. The number of ether oxygens (including phenoxy) is 1. The Bertz CT molecular complexity index is 1390. The minimum atomic E-state index is -0.659. The maximum Gasteiger partial charge on any atom is 0.262 e. The second-order valence-electron chi connectivity index (χ2n) is 8.85. The third-order valence-electron chi connectivity index (χ3n) is 6.20. The van der Waals surface area contributed by atoms with Gasteiger partial charge in [-0.15, -0.1) is 0 Å². The number of amidine groups is 1. The molecule has 2 heterocycles. The lowest BCUT2D eigenvalue weighted by molar-refractivity contribution is -0.121. The van der Waals surface area contributed by atoms with E-state index in [9.17, 15) is 14.0 Å². The minimum Gasteiger partial charge on any atom is -0.497 e. The number of anilines is 1. The van der Waals surface area contributed by atoms with Gasteiger partial charge in [-0.05, 0) is 42.3 Å². The molecule has 3 aromatic carbocycles. The first-order valence-electron chi connectivity index (χ1n) is 11.8. The molecule has 0 saturated carbocycles. The Kier molecular flexibility index (Phi) is 7.05. The largest absolute Gasteiger partial charge is 0.497 e. The smallest absolute Gasteiger partial charge is 0.262 e. The second-order valence-corrected chi connectivity index (χ2v) is 10.0. The molecule has 5 rings (SSSR count). The summed E-state index contributed by atoms with van der Waals surface area (Å²) in [5, 5.41) is 9.13. The molecule has 0 bridgehead atoms. The zero-order valence-electron chi connectivity index (χ0n) is 20.3. The van der Waals surface area contributed by atoms with Gasteiger partial charge in [-0.3, -0.25) is 9.59 Å². The summed E-state index contributed by atoms with van der Waals surface area (Å²) < 4.78 is 18.8. The summed E-state index contributed by atoms with van der Waals surface area (Å²) in [6, 6.07) is 21.1. The minimum absolute atomic E-state index is 0.0305. The van der Waals surface area contributed by atoms with Crippen LogP contribution >= 0.6 is 11.8 Å². The van der Waals surface area contributed by atoms with Gasteiger partial charge in [-0.2, -0.15) is 10.1 Å². The SMILES string of the molecule is COc1cccc(NC(=O)C[C@@H]2SC(N3N=C(c4ccc(C)cc4)C[C@@H]3c3ccc(F)cc3)=NC2=O)c1. The first-order valence-corrected chi connectivity index (χ1v) is 12.7. The number of amides is 2. The Balaban J connectivity index is 1.34. The zero-order chi connectivity index (χ0) is 25.9. The summed E-state index contributed by atoms with van der Waals surface area (Å²) in [7, 11) is 1.55. The summed E-state index contributed by atoms with van der Waals surface area (Å²) in [5.74, 6) is -0.371. The lowest BCUT2D eigenvalue weighted by Crippen LogP contribution is -2.25. The van der Waals surface area contributed by atoms with Crippen molar-refractivity contribution in [3.63, 3.8) is 0 Å². The molecule has 2 aliphatic rings. The van der Waals surface area contributed by atoms with E-state index < -0.39 is 5.25 Å². The van der Waals surface area contributed by atoms with Crippen molar-refractivity contribution >= 4 is 40.1 Å². The second kappa shape index (κ2) is 10.6. The number of carbonyl (C=O) groups is 2. The van der Waals surface area contributed by atoms with Crippen LogP contribution in [0.3, 0.4) is 0 Å². The number of nitrogens with zero attached hydrogens (tertiary/aromatic N) is 3. The Morgan fingerprint density at radius 2 is 1.89 bits per heavy atom. The monoisotopic (exact) mass is 516 g/mol. The molecule has 2 amide bonds. The number of rotatable bonds is 6. The van der Waals surface area contributed by atoms with Crippen LogP contribution in [0.4, 0.5) is 10.1 Å². The molecule has 0 aromatic heterocycles. The topological polar surface area (TPSA) is 83.4 Å². The van der Waals surface area contributed by atoms with E-state index >= 15 is 0 Å². The molecule has 0 unspecified atom stereocenters. The maximum absolute atomic E-state index is 13.6. The fraction of sp³-hybridized carbons (Fsp3) is 0.214. The van der Waals surface area contributed by atoms with Crippen LogP contribution < -0.4 is 10.1 Å². The molecule has 0 spiro atoms. The van der Waals surface area contributed by atoms with Gasteiger partial charge in [0.2, 0.25) is 5.91 Å². The van der Waals surface area contributed by atoms with E-state index in [-0.39, 0.29) is 30.1 Å². The van der Waals surface area contributed by atoms with Crippen LogP contribution in [0.5, 0.6) is 5.75 Å². The average Bonchev–Trinajstić information content (AvgIpc) is 3.49. The van der Waals surface area contributed by atoms with Crippen molar-refractivity contribution in [3.8, 4) is 5.75 Å². The summed E-state index contributed by atoms with van der Waals surface area (Å²) in [6.07, 6.45) is 0.542. The Hall–Kier alpha value is -3.98. The molecule has 0 saturated heterocycles. The Morgan fingerprint density at radius 3 is 2.62 bits per heavy atom. The van der Waals surface area contributed by atoms with Crippen molar-refractivity contribution in [1.82, 2.24) is 5.01 Å². The van der Waals surface area contributed by atoms with Crippen molar-refractivity contribution in [1.29, 1.82) is 0 Å². The molecule has 0 fully saturated rings. The number of hydrogen-bond donors (Lipinski definition) is 1. The lowest BCUT2D eigenvalue weighted by Gasteiger charge is -2.23. The Morgan fingerprint density at radius 1 is 1.14 bits per heavy atom. The standard InChI is InChI=1S/C28H25FN4O3S/c1-17-6-8-18(9-7-17)23-15-24(19-10-12-20(29)13-11-19)33(32-23)28-31-27(35)25(37-28)16-26(34)30-21-4-3-5-22(14-21)36-2/h3-14,24-25H,15-16H2,1-2H3,(H,30,34)/t24-,25+/m1/s1. The summed E-state index contributed by atoms with van der Waals surface area (Å²) in [4.78, 5) is 29.7. The van der Waals surface area contributed by atoms with Crippen molar-refractivity contribution in [2.45, 2.75) is 31.1 Å². The van der Waals surface area contributed by atoms with E-state index in [4.69, 9.17) is 9.84 Å². The molecule has 9 heteroatoms. The van der Waals surface area contributed by atoms with Gasteiger partial charge in [0.15, 0.2) is 5.17 Å². The number of halogens is 1. The van der Waals surface area contributed by atoms with E-state index in [1.165, 1.54) is 23.9 Å². The van der Waals surface area contributed by atoms with Gasteiger partial charge in [-0.25, -0.2) is 9.40 Å². The van der Waals surface area contributed by atoms with Crippen molar-refractivity contribution in [2.24, 2.45) is 10.1 Å². The Labute approximate surface area is 218 Å². The van der Waals surface area contributed by atoms with Crippen LogP contribution in [0.15, 0.2) is 82.9 Å². The van der Waals surface area contributed by atoms with Gasteiger partial charge in [0.25, 0.3) is 5.91 Å². The molecule has 2 aliphatic heterocycles. The van der Waals surface area contributed by atoms with Crippen LogP contribution in [0.1, 0.15) is 35.6 Å². The number of methoxy groups -OCH3 is 1. The van der Waals surface area contributed by atoms with Crippen molar-refractivity contribution in [3.05, 3.63) is 95.3 Å². The van der Waals surface area contributed by atoms with Crippen LogP contribution in [-0.2, 0) is 9.59 Å². The highest BCUT2D eigenvalue weighted by Gasteiger charge is 2.39. The van der Waals surface area contributed by atoms with Gasteiger partial charge in [0.1, 0.15) is 16.8 Å². The molecule has 0 radical (unpaired) electrons. The fourth-order valence-corrected chi connectivity index (χ4v) is 5.30. The predicted molar refractivity (Wildman–Crippen MR) is 143 cm³/mol. The molecule has 3 aromatic rings. The summed E-state index contributed by atoms with van der Waals surface area (Å²) in [6.45, 7) is 2.02. The number of thioether (sulfide) groups is 1. The molecule has 7 nitrogen and oxygen atoms in total. The van der Waals surface area contributed by atoms with E-state index in [1.54, 1.807) is 48.5 Å². The molecular formula is C28H25FN4O3S. The quantitative estimate of drug-likeness (QED) is 0.480. The molecule has 2 atom stereocenters. The number of aliphatic imine (C=N–C) groups is 1. The van der Waals surface area contributed by atoms with Crippen molar-refractivity contribution < 1.29 is 18.7 Å². The first kappa shape index (κ1) is 24.7. The molecule has 1 N–H and O–H groups in total. The van der Waals surface area contributed by atoms with Crippen LogP contribution in [0.2, 0.25) is 0 Å². The first-order chi connectivity index (χ1) is 17.9. The van der Waals surface area contributed by atoms with E-state index in [0.29, 0.717) is 23.0 Å². The highest BCUT2D eigenvalue weighted by Crippen LogP contribution is 2.38. The number of benzene rings is 3. The van der Waals surface area contributed by atoms with Gasteiger partial charge >= 0.3 is 0 Å². The molecule has 0 aliphatic carbocycles. The highest BCUT2D eigenvalue weighted by atomic mass is 32.2.